The van der Waals surface area contributed by atoms with E-state index in [0.29, 0.717) is 22.8 Å². The molecule has 0 saturated heterocycles. The number of hydrogen-bond acceptors (Lipinski definition) is 3. The predicted molar refractivity (Wildman–Crippen MR) is 74.5 cm³/mol. The van der Waals surface area contributed by atoms with Crippen LogP contribution in [0.2, 0.25) is 0 Å². The first-order valence-electron chi connectivity index (χ1n) is 6.61. The second-order valence-corrected chi connectivity index (χ2v) is 4.75. The van der Waals surface area contributed by atoms with Gasteiger partial charge in [0.2, 0.25) is 0 Å². The van der Waals surface area contributed by atoms with Gasteiger partial charge in [-0.2, -0.15) is 0 Å². The zero-order valence-corrected chi connectivity index (χ0v) is 11.7. The second-order valence-electron chi connectivity index (χ2n) is 4.75. The van der Waals surface area contributed by atoms with Crippen LogP contribution in [0.15, 0.2) is 24.3 Å². The molecule has 0 bridgehead atoms. The molecular formula is C16H20O3. The van der Waals surface area contributed by atoms with Crippen molar-refractivity contribution >= 4 is 17.3 Å². The maximum absolute atomic E-state index is 11.0. The average Bonchev–Trinajstić information content (AvgIpc) is 3.22. The predicted octanol–water partition coefficient (Wildman–Crippen LogP) is 3.47. The molecule has 1 fully saturated rings. The Balaban J connectivity index is 0.000000218. The van der Waals surface area contributed by atoms with Gasteiger partial charge in [-0.15, -0.1) is 0 Å². The molecule has 0 radical (unpaired) electrons. The van der Waals surface area contributed by atoms with Gasteiger partial charge in [0.15, 0.2) is 11.6 Å². The molecular weight excluding hydrogens is 240 g/mol. The van der Waals surface area contributed by atoms with Crippen LogP contribution in [0.4, 0.5) is 0 Å². The summed E-state index contributed by atoms with van der Waals surface area (Å²) in [6.07, 6.45) is 3.06. The minimum atomic E-state index is -0.0687. The highest BCUT2D eigenvalue weighted by Crippen LogP contribution is 2.30. The van der Waals surface area contributed by atoms with Gasteiger partial charge < -0.3 is 0 Å². The Morgan fingerprint density at radius 1 is 1.00 bits per heavy atom. The van der Waals surface area contributed by atoms with Crippen LogP contribution in [0, 0.1) is 5.92 Å². The highest BCUT2D eigenvalue weighted by Gasteiger charge is 2.27. The summed E-state index contributed by atoms with van der Waals surface area (Å²) in [7, 11) is 0. The highest BCUT2D eigenvalue weighted by molar-refractivity contribution is 6.07. The van der Waals surface area contributed by atoms with Crippen molar-refractivity contribution < 1.29 is 14.4 Å². The Bertz CT molecular complexity index is 452. The van der Waals surface area contributed by atoms with Crippen LogP contribution >= 0.6 is 0 Å². The number of carbonyl (C=O) groups is 3. The van der Waals surface area contributed by atoms with Gasteiger partial charge in [-0.05, 0) is 26.7 Å². The summed E-state index contributed by atoms with van der Waals surface area (Å²) in [6, 6.07) is 6.84. The zero-order chi connectivity index (χ0) is 14.4. The van der Waals surface area contributed by atoms with Gasteiger partial charge in [0.05, 0.1) is 0 Å². The molecule has 102 valence electrons. The van der Waals surface area contributed by atoms with Gasteiger partial charge >= 0.3 is 0 Å². The van der Waals surface area contributed by atoms with Crippen LogP contribution in [-0.4, -0.2) is 17.3 Å². The Morgan fingerprint density at radius 2 is 1.42 bits per heavy atom. The molecule has 1 aromatic carbocycles. The second kappa shape index (κ2) is 6.98. The Kier molecular flexibility index (Phi) is 5.61. The Morgan fingerprint density at radius 3 is 1.63 bits per heavy atom. The maximum atomic E-state index is 11.0. The van der Waals surface area contributed by atoms with Gasteiger partial charge in [-0.25, -0.2) is 0 Å². The molecule has 1 aliphatic rings. The quantitative estimate of drug-likeness (QED) is 0.779. The smallest absolute Gasteiger partial charge is 0.160 e. The first-order valence-corrected chi connectivity index (χ1v) is 6.61. The van der Waals surface area contributed by atoms with Gasteiger partial charge in [-0.1, -0.05) is 31.2 Å². The van der Waals surface area contributed by atoms with Crippen LogP contribution in [-0.2, 0) is 4.79 Å². The lowest BCUT2D eigenvalue weighted by Gasteiger charge is -2.00. The fourth-order valence-electron chi connectivity index (χ4n) is 1.79. The van der Waals surface area contributed by atoms with Crippen molar-refractivity contribution in [3.05, 3.63) is 35.4 Å². The largest absolute Gasteiger partial charge is 0.299 e. The van der Waals surface area contributed by atoms with Crippen LogP contribution in [0.1, 0.15) is 60.7 Å². The summed E-state index contributed by atoms with van der Waals surface area (Å²) in [6.45, 7) is 4.85. The molecule has 0 spiro atoms. The molecule has 0 aromatic heterocycles. The third kappa shape index (κ3) is 4.78. The number of benzene rings is 1. The van der Waals surface area contributed by atoms with E-state index in [2.05, 4.69) is 0 Å². The van der Waals surface area contributed by atoms with Gasteiger partial charge in [0.1, 0.15) is 5.78 Å². The molecule has 1 saturated carbocycles. The molecule has 3 heteroatoms. The van der Waals surface area contributed by atoms with Crippen LogP contribution in [0.5, 0.6) is 0 Å². The van der Waals surface area contributed by atoms with Gasteiger partial charge in [0, 0.05) is 23.5 Å². The molecule has 1 aromatic rings. The summed E-state index contributed by atoms with van der Waals surface area (Å²) in [5, 5.41) is 0. The number of carbonyl (C=O) groups excluding carboxylic acids is 3. The van der Waals surface area contributed by atoms with E-state index in [9.17, 15) is 14.4 Å². The first kappa shape index (κ1) is 15.3. The molecule has 0 N–H and O–H groups in total. The van der Waals surface area contributed by atoms with E-state index >= 15 is 0 Å². The van der Waals surface area contributed by atoms with Crippen LogP contribution in [0.25, 0.3) is 0 Å². The summed E-state index contributed by atoms with van der Waals surface area (Å²) >= 11 is 0. The van der Waals surface area contributed by atoms with E-state index in [1.807, 2.05) is 6.92 Å². The minimum Gasteiger partial charge on any atom is -0.299 e. The van der Waals surface area contributed by atoms with Crippen molar-refractivity contribution in [2.75, 3.05) is 0 Å². The zero-order valence-electron chi connectivity index (χ0n) is 11.7. The topological polar surface area (TPSA) is 51.2 Å². The molecule has 2 rings (SSSR count). The van der Waals surface area contributed by atoms with Gasteiger partial charge in [-0.3, -0.25) is 14.4 Å². The van der Waals surface area contributed by atoms with Crippen molar-refractivity contribution in [3.63, 3.8) is 0 Å². The van der Waals surface area contributed by atoms with E-state index in [1.54, 1.807) is 24.3 Å². The van der Waals surface area contributed by atoms with E-state index < -0.39 is 0 Å². The summed E-state index contributed by atoms with van der Waals surface area (Å²) in [5.74, 6) is 0.798. The summed E-state index contributed by atoms with van der Waals surface area (Å²) < 4.78 is 0. The van der Waals surface area contributed by atoms with E-state index in [4.69, 9.17) is 0 Å². The number of rotatable bonds is 4. The summed E-state index contributed by atoms with van der Waals surface area (Å²) in [4.78, 5) is 32.6. The van der Waals surface area contributed by atoms with Crippen molar-refractivity contribution in [2.24, 2.45) is 5.92 Å². The van der Waals surface area contributed by atoms with Crippen LogP contribution in [0.3, 0.4) is 0 Å². The maximum Gasteiger partial charge on any atom is 0.160 e. The van der Waals surface area contributed by atoms with Crippen LogP contribution < -0.4 is 0 Å². The third-order valence-corrected chi connectivity index (χ3v) is 3.07. The van der Waals surface area contributed by atoms with E-state index in [-0.39, 0.29) is 11.6 Å². The lowest BCUT2D eigenvalue weighted by molar-refractivity contribution is -0.119. The van der Waals surface area contributed by atoms with Crippen molar-refractivity contribution in [2.45, 2.75) is 40.0 Å². The molecule has 0 unspecified atom stereocenters. The number of hydrogen-bond donors (Lipinski definition) is 0. The fraction of sp³-hybridized carbons (Fsp3) is 0.438. The molecule has 0 heterocycles. The SMILES string of the molecule is CC(=O)c1ccccc1C(C)=O.CCC(=O)C1CC1. The molecule has 0 aliphatic heterocycles. The molecule has 1 aliphatic carbocycles. The average molecular weight is 260 g/mol. The fourth-order valence-corrected chi connectivity index (χ4v) is 1.79. The standard InChI is InChI=1S/C10H10O2.C6H10O/c1-7(11)9-5-3-4-6-10(9)8(2)12;1-2-6(7)5-3-4-5/h3-6H,1-2H3;5H,2-4H2,1H3. The Labute approximate surface area is 114 Å². The summed E-state index contributed by atoms with van der Waals surface area (Å²) in [5.41, 5.74) is 1.01. The lowest BCUT2D eigenvalue weighted by atomic mass is 10.0. The van der Waals surface area contributed by atoms with Crippen molar-refractivity contribution in [1.82, 2.24) is 0 Å². The van der Waals surface area contributed by atoms with Crippen molar-refractivity contribution in [1.29, 1.82) is 0 Å². The number of ketones is 3. The van der Waals surface area contributed by atoms with Gasteiger partial charge in [0.25, 0.3) is 0 Å². The lowest BCUT2D eigenvalue weighted by Crippen LogP contribution is -2.02. The molecule has 3 nitrogen and oxygen atoms in total. The van der Waals surface area contributed by atoms with E-state index in [1.165, 1.54) is 13.8 Å². The molecule has 0 amide bonds. The number of Topliss-reactive ketones (excluding diaryl/α,β-unsaturated/α-hetero) is 3. The molecule has 0 atom stereocenters. The molecule has 19 heavy (non-hydrogen) atoms. The van der Waals surface area contributed by atoms with Crippen molar-refractivity contribution in [3.8, 4) is 0 Å². The first-order chi connectivity index (χ1) is 8.97. The van der Waals surface area contributed by atoms with E-state index in [0.717, 1.165) is 19.3 Å². The highest BCUT2D eigenvalue weighted by atomic mass is 16.1. The monoisotopic (exact) mass is 260 g/mol. The normalized spacial score (nSPS) is 13.2. The third-order valence-electron chi connectivity index (χ3n) is 3.07. The minimum absolute atomic E-state index is 0.0687. The Hall–Kier alpha value is -1.77.